The van der Waals surface area contributed by atoms with Gasteiger partial charge in [-0.05, 0) is 23.6 Å². The average molecular weight is 301 g/mol. The van der Waals surface area contributed by atoms with Crippen LogP contribution >= 0.6 is 0 Å². The summed E-state index contributed by atoms with van der Waals surface area (Å²) in [4.78, 5) is 4.19. The molecule has 0 aliphatic carbocycles. The number of benzene rings is 1. The predicted molar refractivity (Wildman–Crippen MR) is 88.2 cm³/mol. The molecule has 0 bridgehead atoms. The quantitative estimate of drug-likeness (QED) is 0.638. The number of hydrogen-bond acceptors (Lipinski definition) is 3. The van der Waals surface area contributed by atoms with Gasteiger partial charge < -0.3 is 8.85 Å². The van der Waals surface area contributed by atoms with Gasteiger partial charge in [0.2, 0.25) is 0 Å². The second-order valence-corrected chi connectivity index (χ2v) is 12.5. The van der Waals surface area contributed by atoms with Gasteiger partial charge in [-0.3, -0.25) is 4.98 Å². The zero-order valence-corrected chi connectivity index (χ0v) is 14.7. The number of rotatable bonds is 0. The molecule has 1 aliphatic rings. The Labute approximate surface area is 127 Å². The molecule has 2 heterocycles. The van der Waals surface area contributed by atoms with Gasteiger partial charge in [0, 0.05) is 27.9 Å². The Hall–Kier alpha value is -1.55. The Balaban J connectivity index is 2.16. The van der Waals surface area contributed by atoms with Crippen molar-refractivity contribution in [3.8, 4) is 11.5 Å². The van der Waals surface area contributed by atoms with E-state index in [4.69, 9.17) is 8.85 Å². The highest BCUT2D eigenvalue weighted by Crippen LogP contribution is 2.57. The summed E-state index contributed by atoms with van der Waals surface area (Å²) >= 11 is 0. The van der Waals surface area contributed by atoms with Crippen LogP contribution in [0.2, 0.25) is 10.1 Å². The van der Waals surface area contributed by atoms with Gasteiger partial charge in [0.05, 0.1) is 0 Å². The fraction of sp³-hybridized carbons (Fsp3) is 0.471. The Morgan fingerprint density at radius 1 is 0.857 bits per heavy atom. The van der Waals surface area contributed by atoms with Crippen LogP contribution in [0, 0.1) is 0 Å². The third-order valence-corrected chi connectivity index (χ3v) is 9.15. The first-order chi connectivity index (χ1) is 9.64. The van der Waals surface area contributed by atoms with Crippen LogP contribution in [-0.2, 0) is 0 Å². The Bertz CT molecular complexity index is 637. The number of fused-ring (bicyclic) bond motifs is 2. The van der Waals surface area contributed by atoms with E-state index in [-0.39, 0.29) is 10.1 Å². The van der Waals surface area contributed by atoms with Crippen LogP contribution < -0.4 is 8.85 Å². The summed E-state index contributed by atoms with van der Waals surface area (Å²) < 4.78 is 13.0. The zero-order valence-electron chi connectivity index (χ0n) is 13.7. The summed E-state index contributed by atoms with van der Waals surface area (Å²) in [5.41, 5.74) is 0. The average Bonchev–Trinajstić information content (AvgIpc) is 2.74. The summed E-state index contributed by atoms with van der Waals surface area (Å²) in [6, 6.07) is 6.15. The lowest BCUT2D eigenvalue weighted by Crippen LogP contribution is -2.59. The van der Waals surface area contributed by atoms with Gasteiger partial charge in [0.15, 0.2) is 0 Å². The molecule has 0 atom stereocenters. The van der Waals surface area contributed by atoms with Crippen LogP contribution in [0.3, 0.4) is 0 Å². The third kappa shape index (κ3) is 2.04. The molecule has 0 N–H and O–H groups in total. The van der Waals surface area contributed by atoms with Gasteiger partial charge in [0.25, 0.3) is 0 Å². The van der Waals surface area contributed by atoms with Crippen molar-refractivity contribution in [3.05, 3.63) is 30.6 Å². The van der Waals surface area contributed by atoms with Crippen molar-refractivity contribution in [2.24, 2.45) is 0 Å². The van der Waals surface area contributed by atoms with Crippen LogP contribution in [-0.4, -0.2) is 13.5 Å². The zero-order chi connectivity index (χ0) is 15.5. The number of nitrogens with zero attached hydrogens (tertiary/aromatic N) is 1. The van der Waals surface area contributed by atoms with E-state index in [0.717, 1.165) is 22.3 Å². The summed E-state index contributed by atoms with van der Waals surface area (Å²) in [6.45, 7) is 13.3. The molecule has 21 heavy (non-hydrogen) atoms. The maximum Gasteiger partial charge on any atom is 0.471 e. The maximum absolute atomic E-state index is 6.53. The standard InChI is InChI=1S/C17H23NO2Si/c1-16(2,3)21(17(4,5)6)19-14-9-12-7-8-18-11-13(12)10-15(14)20-21/h7-11H,1-6H3. The number of hydrogen-bond donors (Lipinski definition) is 0. The van der Waals surface area contributed by atoms with Crippen molar-refractivity contribution < 1.29 is 8.85 Å². The molecule has 3 nitrogen and oxygen atoms in total. The minimum atomic E-state index is -2.46. The predicted octanol–water partition coefficient (Wildman–Crippen LogP) is 5.05. The minimum Gasteiger partial charge on any atom is -0.508 e. The van der Waals surface area contributed by atoms with Gasteiger partial charge in [-0.1, -0.05) is 41.5 Å². The van der Waals surface area contributed by atoms with E-state index in [1.807, 2.05) is 18.5 Å². The van der Waals surface area contributed by atoms with Crippen molar-refractivity contribution >= 4 is 19.3 Å². The van der Waals surface area contributed by atoms with Crippen LogP contribution in [0.25, 0.3) is 10.8 Å². The first-order valence-corrected chi connectivity index (χ1v) is 9.21. The SMILES string of the molecule is CC(C)(C)[Si]1(C(C)(C)C)Oc2cc3ccncc3cc2O1. The summed E-state index contributed by atoms with van der Waals surface area (Å²) in [5.74, 6) is 1.75. The fourth-order valence-electron chi connectivity index (χ4n) is 3.32. The molecule has 2 aromatic rings. The smallest absolute Gasteiger partial charge is 0.471 e. The Morgan fingerprint density at radius 2 is 1.38 bits per heavy atom. The third-order valence-electron chi connectivity index (χ3n) is 4.19. The molecule has 1 aromatic heterocycles. The highest BCUT2D eigenvalue weighted by atomic mass is 28.4. The molecule has 0 saturated carbocycles. The van der Waals surface area contributed by atoms with E-state index in [1.54, 1.807) is 0 Å². The van der Waals surface area contributed by atoms with Crippen LogP contribution in [0.15, 0.2) is 30.6 Å². The van der Waals surface area contributed by atoms with E-state index in [9.17, 15) is 0 Å². The first kappa shape index (κ1) is 14.4. The van der Waals surface area contributed by atoms with Crippen LogP contribution in [0.5, 0.6) is 11.5 Å². The number of aromatic nitrogens is 1. The van der Waals surface area contributed by atoms with Crippen LogP contribution in [0.4, 0.5) is 0 Å². The van der Waals surface area contributed by atoms with Gasteiger partial charge in [-0.15, -0.1) is 0 Å². The summed E-state index contributed by atoms with van der Waals surface area (Å²) in [6.07, 6.45) is 3.68. The van der Waals surface area contributed by atoms with E-state index in [0.29, 0.717) is 0 Å². The second kappa shape index (κ2) is 4.23. The van der Waals surface area contributed by atoms with E-state index in [2.05, 4.69) is 58.7 Å². The Kier molecular flexibility index (Phi) is 2.90. The summed E-state index contributed by atoms with van der Waals surface area (Å²) in [7, 11) is -2.46. The van der Waals surface area contributed by atoms with Crippen molar-refractivity contribution in [1.82, 2.24) is 4.98 Å². The number of pyridine rings is 1. The van der Waals surface area contributed by atoms with Crippen LogP contribution in [0.1, 0.15) is 41.5 Å². The molecule has 0 saturated heterocycles. The molecule has 1 aliphatic heterocycles. The maximum atomic E-state index is 6.53. The molecule has 0 radical (unpaired) electrons. The largest absolute Gasteiger partial charge is 0.508 e. The van der Waals surface area contributed by atoms with E-state index in [1.165, 1.54) is 0 Å². The van der Waals surface area contributed by atoms with Crippen molar-refractivity contribution in [2.75, 3.05) is 0 Å². The molecule has 0 unspecified atom stereocenters. The normalized spacial score (nSPS) is 17.2. The topological polar surface area (TPSA) is 31.4 Å². The highest BCUT2D eigenvalue weighted by Gasteiger charge is 2.65. The van der Waals surface area contributed by atoms with Gasteiger partial charge >= 0.3 is 8.56 Å². The lowest BCUT2D eigenvalue weighted by molar-refractivity contribution is 0.341. The molecular weight excluding hydrogens is 278 g/mol. The molecule has 0 spiro atoms. The van der Waals surface area contributed by atoms with Crippen molar-refractivity contribution in [1.29, 1.82) is 0 Å². The minimum absolute atomic E-state index is 0.0191. The van der Waals surface area contributed by atoms with Crippen molar-refractivity contribution in [3.63, 3.8) is 0 Å². The molecule has 3 rings (SSSR count). The van der Waals surface area contributed by atoms with E-state index < -0.39 is 8.56 Å². The molecule has 1 aromatic carbocycles. The van der Waals surface area contributed by atoms with E-state index >= 15 is 0 Å². The van der Waals surface area contributed by atoms with Gasteiger partial charge in [0.1, 0.15) is 11.5 Å². The highest BCUT2D eigenvalue weighted by molar-refractivity contribution is 6.75. The van der Waals surface area contributed by atoms with Gasteiger partial charge in [-0.2, -0.15) is 0 Å². The lowest BCUT2D eigenvalue weighted by atomic mass is 10.1. The monoisotopic (exact) mass is 301 g/mol. The molecule has 0 amide bonds. The van der Waals surface area contributed by atoms with Gasteiger partial charge in [-0.25, -0.2) is 0 Å². The fourth-order valence-corrected chi connectivity index (χ4v) is 7.78. The summed E-state index contributed by atoms with van der Waals surface area (Å²) in [5, 5.41) is 2.19. The first-order valence-electron chi connectivity index (χ1n) is 7.40. The molecule has 112 valence electrons. The second-order valence-electron chi connectivity index (χ2n) is 7.84. The lowest BCUT2D eigenvalue weighted by Gasteiger charge is -2.43. The Morgan fingerprint density at radius 3 is 1.90 bits per heavy atom. The van der Waals surface area contributed by atoms with Crippen molar-refractivity contribution in [2.45, 2.75) is 51.6 Å². The molecular formula is C17H23NO2Si. The molecule has 4 heteroatoms. The molecule has 0 fully saturated rings.